The zero-order valence-corrected chi connectivity index (χ0v) is 8.20. The Morgan fingerprint density at radius 2 is 0.778 bits per heavy atom. The second-order valence-electron chi connectivity index (χ2n) is 1.82. The Labute approximate surface area is 74.8 Å². The average Bonchev–Trinajstić information content (AvgIpc) is 1.25. The summed E-state index contributed by atoms with van der Waals surface area (Å²) < 4.78 is 0. The maximum atomic E-state index is 9.44. The normalized spacial score (nSPS) is 5.78. The van der Waals surface area contributed by atoms with Crippen molar-refractivity contribution in [3.8, 4) is 0 Å². The van der Waals surface area contributed by atoms with E-state index in [0.29, 0.717) is 0 Å². The van der Waals surface area contributed by atoms with Crippen LogP contribution in [0.5, 0.6) is 0 Å². The fourth-order valence-corrected chi connectivity index (χ4v) is 0. The van der Waals surface area contributed by atoms with Crippen molar-refractivity contribution in [1.29, 1.82) is 0 Å². The topological polar surface area (TPSA) is 34.1 Å². The number of hydrogen-bond donors (Lipinski definition) is 0. The van der Waals surface area contributed by atoms with Gasteiger partial charge in [-0.15, -0.1) is 0 Å². The van der Waals surface area contributed by atoms with Gasteiger partial charge in [0.2, 0.25) is 0 Å². The van der Waals surface area contributed by atoms with E-state index in [9.17, 15) is 9.59 Å². The SMILES string of the molecule is CC(C)=O.CC(C)=O.[Sc]. The fourth-order valence-electron chi connectivity index (χ4n) is 0. The van der Waals surface area contributed by atoms with Gasteiger partial charge in [0.15, 0.2) is 0 Å². The van der Waals surface area contributed by atoms with E-state index >= 15 is 0 Å². The smallest absolute Gasteiger partial charge is 0.126 e. The van der Waals surface area contributed by atoms with Crippen molar-refractivity contribution in [3.63, 3.8) is 0 Å². The molecule has 9 heavy (non-hydrogen) atoms. The first-order valence-electron chi connectivity index (χ1n) is 2.41. The summed E-state index contributed by atoms with van der Waals surface area (Å²) in [6.45, 7) is 6.11. The van der Waals surface area contributed by atoms with Crippen molar-refractivity contribution in [3.05, 3.63) is 0 Å². The molecule has 0 aromatic rings. The first-order chi connectivity index (χ1) is 3.46. The summed E-state index contributed by atoms with van der Waals surface area (Å²) in [7, 11) is 0. The molecule has 0 saturated heterocycles. The van der Waals surface area contributed by atoms with Crippen molar-refractivity contribution >= 4 is 11.6 Å². The monoisotopic (exact) mass is 161 g/mol. The molecule has 0 unspecified atom stereocenters. The van der Waals surface area contributed by atoms with Crippen LogP contribution in [-0.2, 0) is 35.4 Å². The summed E-state index contributed by atoms with van der Waals surface area (Å²) in [4.78, 5) is 18.9. The molecule has 0 atom stereocenters. The predicted molar refractivity (Wildman–Crippen MR) is 32.7 cm³/mol. The van der Waals surface area contributed by atoms with Crippen LogP contribution in [0.2, 0.25) is 0 Å². The van der Waals surface area contributed by atoms with E-state index < -0.39 is 0 Å². The van der Waals surface area contributed by atoms with E-state index in [0.717, 1.165) is 0 Å². The minimum atomic E-state index is 0. The summed E-state index contributed by atoms with van der Waals surface area (Å²) in [6, 6.07) is 0. The quantitative estimate of drug-likeness (QED) is 0.534. The van der Waals surface area contributed by atoms with Gasteiger partial charge in [-0.05, 0) is 27.7 Å². The van der Waals surface area contributed by atoms with E-state index in [1.165, 1.54) is 27.7 Å². The van der Waals surface area contributed by atoms with Gasteiger partial charge in [-0.1, -0.05) is 0 Å². The van der Waals surface area contributed by atoms with Crippen molar-refractivity contribution in [2.45, 2.75) is 27.7 Å². The maximum Gasteiger partial charge on any atom is 0.126 e. The van der Waals surface area contributed by atoms with Crippen LogP contribution in [-0.4, -0.2) is 11.6 Å². The van der Waals surface area contributed by atoms with Crippen molar-refractivity contribution in [2.24, 2.45) is 0 Å². The first kappa shape index (κ1) is 16.1. The predicted octanol–water partition coefficient (Wildman–Crippen LogP) is 1.19. The van der Waals surface area contributed by atoms with Crippen LogP contribution >= 0.6 is 0 Å². The Morgan fingerprint density at radius 3 is 0.778 bits per heavy atom. The van der Waals surface area contributed by atoms with Crippen LogP contribution in [0.25, 0.3) is 0 Å². The van der Waals surface area contributed by atoms with Gasteiger partial charge in [0.05, 0.1) is 0 Å². The molecule has 0 rings (SSSR count). The van der Waals surface area contributed by atoms with Gasteiger partial charge in [-0.25, -0.2) is 0 Å². The Bertz CT molecular complexity index is 69.1. The Kier molecular flexibility index (Phi) is 19.8. The molecule has 1 radical (unpaired) electrons. The van der Waals surface area contributed by atoms with Crippen LogP contribution in [0.3, 0.4) is 0 Å². The molecule has 0 amide bonds. The van der Waals surface area contributed by atoms with Gasteiger partial charge >= 0.3 is 0 Å². The summed E-state index contributed by atoms with van der Waals surface area (Å²) in [5.74, 6) is 0.333. The van der Waals surface area contributed by atoms with Crippen molar-refractivity contribution in [1.82, 2.24) is 0 Å². The molecule has 3 heteroatoms. The second kappa shape index (κ2) is 11.1. The number of carbonyl (C=O) groups is 2. The van der Waals surface area contributed by atoms with Gasteiger partial charge in [0, 0.05) is 25.8 Å². The summed E-state index contributed by atoms with van der Waals surface area (Å²) in [5, 5.41) is 0. The molecule has 0 aromatic carbocycles. The molecular formula is C6H12O2Sc. The van der Waals surface area contributed by atoms with E-state index in [1.54, 1.807) is 0 Å². The number of ketones is 2. The molecule has 0 aliphatic carbocycles. The van der Waals surface area contributed by atoms with Crippen LogP contribution in [0.1, 0.15) is 27.7 Å². The zero-order chi connectivity index (χ0) is 7.15. The van der Waals surface area contributed by atoms with Crippen molar-refractivity contribution in [2.75, 3.05) is 0 Å². The third kappa shape index (κ3) is 7170. The Balaban J connectivity index is -0.0000000720. The molecule has 0 fully saturated rings. The zero-order valence-electron chi connectivity index (χ0n) is 6.39. The summed E-state index contributed by atoms with van der Waals surface area (Å²) in [5.41, 5.74) is 0. The molecular weight excluding hydrogens is 149 g/mol. The van der Waals surface area contributed by atoms with Crippen LogP contribution in [0, 0.1) is 0 Å². The van der Waals surface area contributed by atoms with E-state index in [4.69, 9.17) is 0 Å². The number of rotatable bonds is 0. The molecule has 0 bridgehead atoms. The molecule has 0 saturated carbocycles. The van der Waals surface area contributed by atoms with Gasteiger partial charge in [0.1, 0.15) is 11.6 Å². The molecule has 0 aliphatic rings. The Morgan fingerprint density at radius 1 is 0.778 bits per heavy atom. The number of carbonyl (C=O) groups excluding carboxylic acids is 2. The summed E-state index contributed by atoms with van der Waals surface area (Å²) >= 11 is 0. The molecule has 2 nitrogen and oxygen atoms in total. The van der Waals surface area contributed by atoms with Crippen LogP contribution < -0.4 is 0 Å². The average molecular weight is 161 g/mol. The van der Waals surface area contributed by atoms with E-state index in [-0.39, 0.29) is 37.4 Å². The molecule has 51 valence electrons. The minimum Gasteiger partial charge on any atom is -0.300 e. The summed E-state index contributed by atoms with van der Waals surface area (Å²) in [6.07, 6.45) is 0. The first-order valence-corrected chi connectivity index (χ1v) is 2.41. The van der Waals surface area contributed by atoms with Crippen LogP contribution in [0.4, 0.5) is 0 Å². The second-order valence-corrected chi connectivity index (χ2v) is 1.82. The third-order valence-corrected chi connectivity index (χ3v) is 0. The van der Waals surface area contributed by atoms with E-state index in [2.05, 4.69) is 0 Å². The van der Waals surface area contributed by atoms with Crippen molar-refractivity contribution < 1.29 is 35.4 Å². The Hall–Kier alpha value is 0.210. The molecule has 0 heterocycles. The third-order valence-electron chi connectivity index (χ3n) is 0. The van der Waals surface area contributed by atoms with E-state index in [1.807, 2.05) is 0 Å². The largest absolute Gasteiger partial charge is 0.300 e. The van der Waals surface area contributed by atoms with Crippen LogP contribution in [0.15, 0.2) is 0 Å². The number of hydrogen-bond acceptors (Lipinski definition) is 2. The fraction of sp³-hybridized carbons (Fsp3) is 0.667. The molecule has 0 spiro atoms. The maximum absolute atomic E-state index is 9.44. The van der Waals surface area contributed by atoms with Gasteiger partial charge in [-0.3, -0.25) is 0 Å². The van der Waals surface area contributed by atoms with Gasteiger partial charge in [0.25, 0.3) is 0 Å². The number of Topliss-reactive ketones (excluding diaryl/α,β-unsaturated/α-hetero) is 2. The standard InChI is InChI=1S/2C3H6O.Sc/c2*1-3(2)4;/h2*1-2H3;. The van der Waals surface area contributed by atoms with Gasteiger partial charge in [-0.2, -0.15) is 0 Å². The molecule has 0 aliphatic heterocycles. The molecule has 0 aromatic heterocycles. The minimum absolute atomic E-state index is 0. The van der Waals surface area contributed by atoms with Gasteiger partial charge < -0.3 is 9.59 Å². The molecule has 0 N–H and O–H groups in total.